The van der Waals surface area contributed by atoms with Crippen molar-refractivity contribution in [1.29, 1.82) is 0 Å². The van der Waals surface area contributed by atoms with Crippen molar-refractivity contribution >= 4 is 12.4 Å². The van der Waals surface area contributed by atoms with Gasteiger partial charge in [-0.3, -0.25) is 0 Å². The smallest absolute Gasteiger partial charge is 0.407 e. The Hall–Kier alpha value is -1.06. The highest BCUT2D eigenvalue weighted by Crippen LogP contribution is 2.22. The van der Waals surface area contributed by atoms with Crippen LogP contribution in [0.3, 0.4) is 0 Å². The average molecular weight is 227 g/mol. The number of rotatable bonds is 4. The van der Waals surface area contributed by atoms with Crippen LogP contribution >= 0.6 is 0 Å². The van der Waals surface area contributed by atoms with Crippen LogP contribution in [0.25, 0.3) is 0 Å². The molecule has 16 heavy (non-hydrogen) atoms. The van der Waals surface area contributed by atoms with Crippen molar-refractivity contribution in [2.75, 3.05) is 6.61 Å². The van der Waals surface area contributed by atoms with Gasteiger partial charge in [0.15, 0.2) is 0 Å². The van der Waals surface area contributed by atoms with Crippen LogP contribution in [-0.2, 0) is 9.53 Å². The molecule has 4 nitrogen and oxygen atoms in total. The topological polar surface area (TPSA) is 55.4 Å². The number of amides is 1. The van der Waals surface area contributed by atoms with E-state index in [4.69, 9.17) is 4.74 Å². The van der Waals surface area contributed by atoms with E-state index in [0.29, 0.717) is 12.5 Å². The second-order valence-corrected chi connectivity index (χ2v) is 4.88. The molecule has 0 saturated heterocycles. The highest BCUT2D eigenvalue weighted by Gasteiger charge is 2.22. The van der Waals surface area contributed by atoms with E-state index in [2.05, 4.69) is 5.32 Å². The van der Waals surface area contributed by atoms with Crippen LogP contribution in [0.15, 0.2) is 0 Å². The van der Waals surface area contributed by atoms with Crippen molar-refractivity contribution in [3.05, 3.63) is 0 Å². The molecule has 1 aliphatic carbocycles. The lowest BCUT2D eigenvalue weighted by Gasteiger charge is -2.25. The van der Waals surface area contributed by atoms with Crippen LogP contribution in [0, 0.1) is 11.8 Å². The van der Waals surface area contributed by atoms with E-state index >= 15 is 0 Å². The fourth-order valence-corrected chi connectivity index (χ4v) is 1.85. The summed E-state index contributed by atoms with van der Waals surface area (Å²) in [5.41, 5.74) is 0. The van der Waals surface area contributed by atoms with E-state index in [1.165, 1.54) is 0 Å². The molecule has 1 saturated carbocycles. The summed E-state index contributed by atoms with van der Waals surface area (Å²) in [6.07, 6.45) is 4.19. The molecule has 0 aromatic rings. The first-order valence-electron chi connectivity index (χ1n) is 6.00. The van der Waals surface area contributed by atoms with Crippen molar-refractivity contribution in [2.24, 2.45) is 11.8 Å². The van der Waals surface area contributed by atoms with Gasteiger partial charge in [-0.1, -0.05) is 13.8 Å². The number of nitrogens with one attached hydrogen (secondary N) is 1. The Kier molecular flexibility index (Phi) is 5.29. The molecule has 0 unspecified atom stereocenters. The maximum absolute atomic E-state index is 11.4. The summed E-state index contributed by atoms with van der Waals surface area (Å²) in [6, 6.07) is 0.177. The molecular weight excluding hydrogens is 206 g/mol. The molecule has 1 amide bonds. The molecular formula is C12H21NO3. The molecule has 92 valence electrons. The average Bonchev–Trinajstić information content (AvgIpc) is 2.27. The van der Waals surface area contributed by atoms with Gasteiger partial charge in [0.25, 0.3) is 0 Å². The van der Waals surface area contributed by atoms with Gasteiger partial charge in [-0.2, -0.15) is 0 Å². The summed E-state index contributed by atoms with van der Waals surface area (Å²) in [5.74, 6) is 0.543. The maximum Gasteiger partial charge on any atom is 0.407 e. The molecule has 1 aliphatic rings. The molecule has 1 rings (SSSR count). The van der Waals surface area contributed by atoms with Crippen LogP contribution in [0.1, 0.15) is 39.5 Å². The summed E-state index contributed by atoms with van der Waals surface area (Å²) in [7, 11) is 0. The van der Waals surface area contributed by atoms with E-state index in [9.17, 15) is 9.59 Å². The van der Waals surface area contributed by atoms with Crippen LogP contribution in [0.2, 0.25) is 0 Å². The number of hydrogen-bond donors (Lipinski definition) is 1. The second kappa shape index (κ2) is 6.51. The van der Waals surface area contributed by atoms with Crippen LogP contribution < -0.4 is 5.32 Å². The van der Waals surface area contributed by atoms with Crippen molar-refractivity contribution in [3.63, 3.8) is 0 Å². The van der Waals surface area contributed by atoms with Gasteiger partial charge in [0.2, 0.25) is 0 Å². The molecule has 0 atom stereocenters. The molecule has 1 fully saturated rings. The molecule has 1 N–H and O–H groups in total. The minimum atomic E-state index is -0.330. The van der Waals surface area contributed by atoms with Gasteiger partial charge in [0.05, 0.1) is 6.61 Å². The standard InChI is InChI=1S/C12H21NO3/c1-9(2)8-16-12(15)13-11-5-3-10(7-14)4-6-11/h7,9-11H,3-6,8H2,1-2H3,(H,13,15). The third-order valence-corrected chi connectivity index (χ3v) is 2.83. The SMILES string of the molecule is CC(C)COC(=O)NC1CCC(C=O)CC1. The molecule has 0 heterocycles. The van der Waals surface area contributed by atoms with Gasteiger partial charge < -0.3 is 14.8 Å². The fraction of sp³-hybridized carbons (Fsp3) is 0.833. The zero-order valence-corrected chi connectivity index (χ0v) is 10.1. The van der Waals surface area contributed by atoms with Gasteiger partial charge >= 0.3 is 6.09 Å². The Morgan fingerprint density at radius 2 is 2.00 bits per heavy atom. The Balaban J connectivity index is 2.18. The molecule has 0 bridgehead atoms. The lowest BCUT2D eigenvalue weighted by molar-refractivity contribution is -0.111. The normalized spacial score (nSPS) is 25.2. The van der Waals surface area contributed by atoms with Gasteiger partial charge in [0.1, 0.15) is 6.29 Å². The van der Waals surface area contributed by atoms with Crippen LogP contribution in [0.5, 0.6) is 0 Å². The second-order valence-electron chi connectivity index (χ2n) is 4.88. The number of aldehydes is 1. The van der Waals surface area contributed by atoms with Gasteiger partial charge in [0, 0.05) is 12.0 Å². The summed E-state index contributed by atoms with van der Waals surface area (Å²) >= 11 is 0. The highest BCUT2D eigenvalue weighted by atomic mass is 16.5. The first kappa shape index (κ1) is 13.0. The molecule has 0 aromatic heterocycles. The minimum absolute atomic E-state index is 0.177. The van der Waals surface area contributed by atoms with Crippen molar-refractivity contribution < 1.29 is 14.3 Å². The Morgan fingerprint density at radius 1 is 1.38 bits per heavy atom. The summed E-state index contributed by atoms with van der Waals surface area (Å²) < 4.78 is 5.04. The molecule has 4 heteroatoms. The molecule has 0 radical (unpaired) electrons. The molecule has 0 aromatic carbocycles. The number of carbonyl (C=O) groups excluding carboxylic acids is 2. The summed E-state index contributed by atoms with van der Waals surface area (Å²) in [6.45, 7) is 4.46. The van der Waals surface area contributed by atoms with Crippen molar-refractivity contribution in [1.82, 2.24) is 5.32 Å². The predicted molar refractivity (Wildman–Crippen MR) is 61.1 cm³/mol. The number of carbonyl (C=O) groups is 2. The predicted octanol–water partition coefficient (Wildman–Crippen LogP) is 2.13. The van der Waals surface area contributed by atoms with E-state index in [-0.39, 0.29) is 18.1 Å². The summed E-state index contributed by atoms with van der Waals surface area (Å²) in [4.78, 5) is 21.9. The Labute approximate surface area is 96.7 Å². The van der Waals surface area contributed by atoms with Gasteiger partial charge in [-0.25, -0.2) is 4.79 Å². The lowest BCUT2D eigenvalue weighted by atomic mass is 9.87. The quantitative estimate of drug-likeness (QED) is 0.748. The van der Waals surface area contributed by atoms with Crippen LogP contribution in [0.4, 0.5) is 4.79 Å². The third kappa shape index (κ3) is 4.64. The first-order valence-corrected chi connectivity index (χ1v) is 6.00. The largest absolute Gasteiger partial charge is 0.449 e. The first-order chi connectivity index (χ1) is 7.61. The van der Waals surface area contributed by atoms with E-state index < -0.39 is 0 Å². The number of hydrogen-bond acceptors (Lipinski definition) is 3. The third-order valence-electron chi connectivity index (χ3n) is 2.83. The number of ether oxygens (including phenoxy) is 1. The molecule has 0 aliphatic heterocycles. The van der Waals surface area contributed by atoms with Gasteiger partial charge in [-0.05, 0) is 31.6 Å². The highest BCUT2D eigenvalue weighted by molar-refractivity contribution is 5.67. The van der Waals surface area contributed by atoms with Crippen molar-refractivity contribution in [2.45, 2.75) is 45.6 Å². The van der Waals surface area contributed by atoms with E-state index in [0.717, 1.165) is 32.0 Å². The summed E-state index contributed by atoms with van der Waals surface area (Å²) in [5, 5.41) is 2.84. The van der Waals surface area contributed by atoms with Crippen molar-refractivity contribution in [3.8, 4) is 0 Å². The Morgan fingerprint density at radius 3 is 2.50 bits per heavy atom. The maximum atomic E-state index is 11.4. The number of alkyl carbamates (subject to hydrolysis) is 1. The minimum Gasteiger partial charge on any atom is -0.449 e. The van der Waals surface area contributed by atoms with E-state index in [1.807, 2.05) is 13.8 Å². The fourth-order valence-electron chi connectivity index (χ4n) is 1.85. The zero-order chi connectivity index (χ0) is 12.0. The lowest BCUT2D eigenvalue weighted by Crippen LogP contribution is -2.38. The van der Waals surface area contributed by atoms with Gasteiger partial charge in [-0.15, -0.1) is 0 Å². The Bertz CT molecular complexity index is 232. The monoisotopic (exact) mass is 227 g/mol. The van der Waals surface area contributed by atoms with Crippen LogP contribution in [-0.4, -0.2) is 25.0 Å². The van der Waals surface area contributed by atoms with E-state index in [1.54, 1.807) is 0 Å². The zero-order valence-electron chi connectivity index (χ0n) is 10.1. The molecule has 0 spiro atoms.